The van der Waals surface area contributed by atoms with Gasteiger partial charge in [-0.15, -0.1) is 0 Å². The third kappa shape index (κ3) is 18.4. The lowest BCUT2D eigenvalue weighted by Gasteiger charge is -2.27. The molecule has 0 radical (unpaired) electrons. The highest BCUT2D eigenvalue weighted by molar-refractivity contribution is 8.07. The van der Waals surface area contributed by atoms with E-state index in [9.17, 15) is 57.4 Å². The molecule has 0 aromatic carbocycles. The Kier molecular flexibility index (Phi) is 24.8. The number of nitrogens with two attached hydrogens (primary N) is 6. The first-order chi connectivity index (χ1) is 63.1. The van der Waals surface area contributed by atoms with Gasteiger partial charge in [-0.2, -0.15) is 15.0 Å². The van der Waals surface area contributed by atoms with Crippen molar-refractivity contribution in [2.75, 3.05) is 74.0 Å². The van der Waals surface area contributed by atoms with E-state index in [2.05, 4.69) is 84.7 Å². The fourth-order valence-corrected chi connectivity index (χ4v) is 23.0. The number of nitrogens with zero attached hydrogens (tertiary/aromatic N) is 20. The molecule has 6 bridgehead atoms. The van der Waals surface area contributed by atoms with Crippen LogP contribution in [0.5, 0.6) is 0 Å². The molecule has 59 nitrogen and oxygen atoms in total. The summed E-state index contributed by atoms with van der Waals surface area (Å²) in [5.74, 6) is -0.423. The summed E-state index contributed by atoms with van der Waals surface area (Å²) in [6.45, 7) is -16.8. The van der Waals surface area contributed by atoms with Gasteiger partial charge in [0.2, 0.25) is 17.8 Å². The van der Waals surface area contributed by atoms with Crippen molar-refractivity contribution >= 4 is 181 Å². The predicted octanol–water partition coefficient (Wildman–Crippen LogP) is -0.103. The van der Waals surface area contributed by atoms with Crippen molar-refractivity contribution in [3.63, 3.8) is 0 Å². The Morgan fingerprint density at radius 3 is 1.19 bits per heavy atom. The largest absolute Gasteiger partial charge is 0.472 e. The molecular weight excluding hydrogens is 1980 g/mol. The van der Waals surface area contributed by atoms with Crippen LogP contribution < -0.4 is 51.1 Å². The average Bonchev–Trinajstić information content (AvgIpc) is 1.63. The van der Waals surface area contributed by atoms with Gasteiger partial charge in [-0.25, -0.2) is 86.1 Å². The molecule has 6 unspecified atom stereocenters. The number of anilines is 6. The fourth-order valence-electron chi connectivity index (χ4n) is 15.9. The first-order valence-electron chi connectivity index (χ1n) is 38.6. The van der Waals surface area contributed by atoms with Crippen LogP contribution in [0, 0.1) is 0 Å². The van der Waals surface area contributed by atoms with Gasteiger partial charge in [0.15, 0.2) is 112 Å². The van der Waals surface area contributed by atoms with E-state index in [0.717, 1.165) is 34.4 Å². The van der Waals surface area contributed by atoms with Crippen LogP contribution in [0.1, 0.15) is 50.2 Å². The number of hydrogen-bond donors (Lipinski definition) is 15. The maximum atomic E-state index is 15.9. The van der Waals surface area contributed by atoms with Gasteiger partial charge in [-0.05, 0) is 41.5 Å². The number of nitrogen functional groups attached to an aromatic ring is 6. The highest BCUT2D eigenvalue weighted by Crippen LogP contribution is 2.59. The third-order valence-electron chi connectivity index (χ3n) is 21.7. The molecule has 0 saturated carbocycles. The second kappa shape index (κ2) is 35.5. The molecule has 133 heavy (non-hydrogen) atoms. The van der Waals surface area contributed by atoms with E-state index in [-0.39, 0.29) is 117 Å². The molecule has 12 aromatic rings. The lowest BCUT2D eigenvalue weighted by molar-refractivity contribution is -0.0630. The second-order valence-corrected chi connectivity index (χ2v) is 42.7. The van der Waals surface area contributed by atoms with Gasteiger partial charge in [0, 0.05) is 19.0 Å². The molecule has 21 heterocycles. The predicted molar refractivity (Wildman–Crippen MR) is 445 cm³/mol. The second-order valence-electron chi connectivity index (χ2n) is 30.2. The number of halogens is 4. The van der Waals surface area contributed by atoms with Crippen molar-refractivity contribution in [1.82, 2.24) is 112 Å². The normalized spacial score (nSPS) is 36.9. The van der Waals surface area contributed by atoms with E-state index in [4.69, 9.17) is 153 Å². The first kappa shape index (κ1) is 93.0. The standard InChI is InChI=1S/C21H25N9O10P2S.2C20H22F2N10O10P2S/c22-16-10-1-2-29(17(10)25-7-24-16)14-4-11-13(38-14)6-36-42(34,43)40-12-3-9(5-35-41(32,33)39-11)37-20(12)30-8-26-15-18(30)27-21(23)28-19(15)31;2*21-8-6-1-37-43(34,35)41-12-7(40-18(9(12)22)31-4-27-10-14(23)25-3-26-15(10)31)2-38-44(36,45)42-13(8)19(39-6)32-5-28-11-16(32)29-20(24)30-17(11)33/h1-2,7-9,11-14,20H,3-6H2,(H,32,33)(H,34,43)(H2,22,24,25)(H3,23,27,28,31);2*3-9,12-13,18-19H,1-2H2,(H,34,35)(H,36,45)(H2,23,25,26)(H3,24,29,30,33)/t9-,11-,12+,13+,14+,20+,42?;2*6-,7-,8-,9+,12-,13-,18-,19-,44?/m011/s1. The van der Waals surface area contributed by atoms with E-state index >= 15 is 17.6 Å². The molecule has 21 rings (SSSR count). The minimum absolute atomic E-state index is 0.0109. The minimum atomic E-state index is -5.15. The molecule has 714 valence electrons. The van der Waals surface area contributed by atoms with Gasteiger partial charge in [0.05, 0.1) is 82.8 Å². The maximum absolute atomic E-state index is 15.9. The van der Waals surface area contributed by atoms with Gasteiger partial charge in [0.25, 0.3) is 16.7 Å². The average molecular weight is 2050 g/mol. The summed E-state index contributed by atoms with van der Waals surface area (Å²) in [6.07, 6.45) is -22.5. The lowest BCUT2D eigenvalue weighted by atomic mass is 10.1. The number of aromatic nitrogens is 23. The monoisotopic (exact) mass is 2050 g/mol. The van der Waals surface area contributed by atoms with Gasteiger partial charge in [0.1, 0.15) is 115 Å². The van der Waals surface area contributed by atoms with Crippen molar-refractivity contribution in [3.8, 4) is 0 Å². The number of rotatable bonds is 6. The van der Waals surface area contributed by atoms with Crippen molar-refractivity contribution in [3.05, 3.63) is 93.9 Å². The van der Waals surface area contributed by atoms with Crippen LogP contribution in [0.25, 0.3) is 66.9 Å². The van der Waals surface area contributed by atoms with E-state index in [0.29, 0.717) is 11.0 Å². The Hall–Kier alpha value is -9.03. The molecule has 0 amide bonds. The molecule has 28 atom stereocenters. The van der Waals surface area contributed by atoms with Crippen LogP contribution in [0.15, 0.2) is 77.3 Å². The van der Waals surface area contributed by atoms with Crippen molar-refractivity contribution in [2.45, 2.75) is 148 Å². The summed E-state index contributed by atoms with van der Waals surface area (Å²) in [5.41, 5.74) is 33.0. The Morgan fingerprint density at radius 2 is 0.729 bits per heavy atom. The fraction of sp³-hybridized carbons (Fsp3) is 0.492. The SMILES string of the molecule is Nc1nc2c(ncn2[C@@H]2O[C@@H]3COP(=O)(O)O[C@H]4C[C@H](n5ccc6c(N)ncnc65)O[C@@H]4COP(O)(=S)O[C@@H]2C3)c(=O)[nH]1.Nc1nc2c(ncn2[C@@H]2O[C@@H]3COP(=O)(O)O[C@H]4[C@H](F)[C@H](n5cnc6c(N)ncnc65)O[C@@H]4COP(O)(=S)O[C@@H]2[C@@H]3F)c(=O)[nH]1.Nc1nc2c(ncn2[C@@H]2O[C@@H]3COP(=O)(O)O[C@H]4[C@H](F)[C@H](n5cnc6c(N)ncnc65)O[C@@H]4COP(O)(=S)O[C@@H]2[C@@H]3F)c(=O)[nH]1. The zero-order chi connectivity index (χ0) is 93.8. The molecule has 9 fully saturated rings. The zero-order valence-corrected chi connectivity index (χ0v) is 74.3. The van der Waals surface area contributed by atoms with E-state index < -0.39 is 222 Å². The number of hydrogen-bond acceptors (Lipinski definition) is 47. The van der Waals surface area contributed by atoms with Crippen LogP contribution in [-0.2, 0) is 132 Å². The quantitative estimate of drug-likeness (QED) is 0.0763. The molecule has 9 saturated heterocycles. The zero-order valence-electron chi connectivity index (χ0n) is 66.4. The van der Waals surface area contributed by atoms with Gasteiger partial charge < -0.3 is 115 Å². The number of alkyl halides is 4. The van der Waals surface area contributed by atoms with Crippen LogP contribution >= 0.6 is 43.6 Å². The molecule has 0 aliphatic carbocycles. The van der Waals surface area contributed by atoms with Gasteiger partial charge >= 0.3 is 43.6 Å². The van der Waals surface area contributed by atoms with Crippen LogP contribution in [0.2, 0.25) is 0 Å². The first-order valence-corrected chi connectivity index (χ1v) is 50.9. The minimum Gasteiger partial charge on any atom is -0.383 e. The van der Waals surface area contributed by atoms with Crippen molar-refractivity contribution in [2.24, 2.45) is 0 Å². The Morgan fingerprint density at radius 1 is 0.353 bits per heavy atom. The summed E-state index contributed by atoms with van der Waals surface area (Å²) in [4.78, 5) is 165. The summed E-state index contributed by atoms with van der Waals surface area (Å²) >= 11 is 15.6. The number of phosphoric acid groups is 3. The number of aromatic amines is 3. The highest BCUT2D eigenvalue weighted by atomic mass is 32.5. The molecule has 9 aliphatic rings. The van der Waals surface area contributed by atoms with Gasteiger partial charge in [-0.3, -0.25) is 88.4 Å². The molecule has 21 N–H and O–H groups in total. The number of imidazole rings is 5. The number of nitrogens with one attached hydrogen (secondary N) is 3. The molecular formula is C61H69F4N29O30P6S3. The maximum Gasteiger partial charge on any atom is 0.472 e. The lowest BCUT2D eigenvalue weighted by Crippen LogP contribution is -2.34. The number of H-pyrrole nitrogens is 3. The van der Waals surface area contributed by atoms with E-state index in [1.165, 1.54) is 39.0 Å². The molecule has 12 aromatic heterocycles. The molecule has 0 spiro atoms. The highest BCUT2D eigenvalue weighted by Gasteiger charge is 2.58. The molecule has 9 aliphatic heterocycles. The summed E-state index contributed by atoms with van der Waals surface area (Å²) < 4.78 is 210. The summed E-state index contributed by atoms with van der Waals surface area (Å²) in [7, 11) is -15.0. The van der Waals surface area contributed by atoms with Crippen LogP contribution in [-0.4, -0.2) is 279 Å². The summed E-state index contributed by atoms with van der Waals surface area (Å²) in [5, 5.41) is 0.596. The van der Waals surface area contributed by atoms with Crippen LogP contribution in [0.3, 0.4) is 0 Å². The third-order valence-corrected chi connectivity index (χ3v) is 29.4. The Balaban J connectivity index is 0.000000129. The van der Waals surface area contributed by atoms with E-state index in [1.807, 2.05) is 0 Å². The van der Waals surface area contributed by atoms with Crippen LogP contribution in [0.4, 0.5) is 52.9 Å². The number of phosphoric ester groups is 3. The summed E-state index contributed by atoms with van der Waals surface area (Å²) in [6, 6.07) is 1.72. The molecule has 72 heteroatoms. The van der Waals surface area contributed by atoms with E-state index in [1.54, 1.807) is 16.8 Å². The Labute approximate surface area is 749 Å². The van der Waals surface area contributed by atoms with Crippen molar-refractivity contribution in [1.29, 1.82) is 0 Å². The van der Waals surface area contributed by atoms with Gasteiger partial charge in [-0.1, -0.05) is 0 Å². The smallest absolute Gasteiger partial charge is 0.383 e. The number of ether oxygens (including phenoxy) is 6. The Bertz CT molecular complexity index is 6780. The van der Waals surface area contributed by atoms with Crippen molar-refractivity contribution < 1.29 is 143 Å². The number of fused-ring (bicyclic) bond motifs is 15. The topological polar surface area (TPSA) is 803 Å².